The lowest BCUT2D eigenvalue weighted by Crippen LogP contribution is -1.82. The van der Waals surface area contributed by atoms with Crippen LogP contribution in [0.3, 0.4) is 0 Å². The number of hydrogen-bond donors (Lipinski definition) is 0. The highest BCUT2D eigenvalue weighted by Gasteiger charge is 2.13. The van der Waals surface area contributed by atoms with Gasteiger partial charge in [-0.25, -0.2) is 4.39 Å². The molecule has 2 aromatic rings. The number of alkyl halides is 1. The van der Waals surface area contributed by atoms with Crippen LogP contribution in [0.15, 0.2) is 22.7 Å². The molecule has 0 amide bonds. The molecule has 84 valence electrons. The number of hydrogen-bond acceptors (Lipinski definition) is 2. The Morgan fingerprint density at radius 1 is 1.25 bits per heavy atom. The van der Waals surface area contributed by atoms with E-state index in [9.17, 15) is 4.39 Å². The van der Waals surface area contributed by atoms with Gasteiger partial charge in [0.15, 0.2) is 5.76 Å². The van der Waals surface area contributed by atoms with Gasteiger partial charge in [-0.05, 0) is 12.1 Å². The molecule has 2 nitrogen and oxygen atoms in total. The number of benzene rings is 1. The highest BCUT2D eigenvalue weighted by atomic mass is 79.9. The zero-order valence-corrected chi connectivity index (χ0v) is 10.9. The van der Waals surface area contributed by atoms with Gasteiger partial charge < -0.3 is 4.52 Å². The molecular formula is C10H5BrCl2FNO. The van der Waals surface area contributed by atoms with Crippen LogP contribution in [0, 0.1) is 5.82 Å². The van der Waals surface area contributed by atoms with Gasteiger partial charge in [0.2, 0.25) is 0 Å². The fourth-order valence-corrected chi connectivity index (χ4v) is 1.95. The first-order valence-electron chi connectivity index (χ1n) is 4.28. The molecule has 0 aliphatic heterocycles. The Hall–Kier alpha value is -0.580. The highest BCUT2D eigenvalue weighted by Crippen LogP contribution is 2.32. The van der Waals surface area contributed by atoms with Crippen molar-refractivity contribution >= 4 is 39.1 Å². The lowest BCUT2D eigenvalue weighted by Gasteiger charge is -2.01. The van der Waals surface area contributed by atoms with Gasteiger partial charge in [0.05, 0.1) is 15.7 Å². The summed E-state index contributed by atoms with van der Waals surface area (Å²) in [6, 6.07) is 4.25. The average molecular weight is 325 g/mol. The van der Waals surface area contributed by atoms with E-state index in [-0.39, 0.29) is 5.02 Å². The Morgan fingerprint density at radius 3 is 2.62 bits per heavy atom. The van der Waals surface area contributed by atoms with E-state index in [4.69, 9.17) is 27.7 Å². The van der Waals surface area contributed by atoms with E-state index in [0.717, 1.165) is 0 Å². The van der Waals surface area contributed by atoms with Crippen molar-refractivity contribution in [2.75, 3.05) is 0 Å². The molecule has 0 atom stereocenters. The van der Waals surface area contributed by atoms with E-state index in [2.05, 4.69) is 21.1 Å². The first kappa shape index (κ1) is 11.9. The second kappa shape index (κ2) is 4.73. The Labute approximate surface area is 109 Å². The van der Waals surface area contributed by atoms with Crippen molar-refractivity contribution < 1.29 is 8.91 Å². The van der Waals surface area contributed by atoms with Crippen LogP contribution in [0.2, 0.25) is 10.0 Å². The average Bonchev–Trinajstić information content (AvgIpc) is 2.71. The van der Waals surface area contributed by atoms with E-state index in [0.29, 0.717) is 27.4 Å². The molecule has 1 aromatic heterocycles. The van der Waals surface area contributed by atoms with Gasteiger partial charge in [0.25, 0.3) is 0 Å². The molecular weight excluding hydrogens is 320 g/mol. The molecule has 0 spiro atoms. The quantitative estimate of drug-likeness (QED) is 0.592. The summed E-state index contributed by atoms with van der Waals surface area (Å²) in [7, 11) is 0. The number of halogens is 4. The second-order valence-corrected chi connectivity index (χ2v) is 4.44. The van der Waals surface area contributed by atoms with Crippen LogP contribution in [-0.2, 0) is 5.33 Å². The largest absolute Gasteiger partial charge is 0.356 e. The summed E-state index contributed by atoms with van der Waals surface area (Å²) in [6.45, 7) is 0. The van der Waals surface area contributed by atoms with Crippen molar-refractivity contribution in [3.8, 4) is 11.3 Å². The van der Waals surface area contributed by atoms with Crippen molar-refractivity contribution in [3.05, 3.63) is 39.8 Å². The molecule has 0 saturated carbocycles. The Kier molecular flexibility index (Phi) is 3.52. The molecule has 0 unspecified atom stereocenters. The van der Waals surface area contributed by atoms with Crippen LogP contribution in [0.4, 0.5) is 4.39 Å². The van der Waals surface area contributed by atoms with E-state index in [1.165, 1.54) is 12.1 Å². The van der Waals surface area contributed by atoms with Crippen LogP contribution >= 0.6 is 39.1 Å². The van der Waals surface area contributed by atoms with Gasteiger partial charge in [-0.15, -0.1) is 0 Å². The van der Waals surface area contributed by atoms with Gasteiger partial charge in [0.1, 0.15) is 5.82 Å². The molecule has 0 aliphatic rings. The fourth-order valence-electron chi connectivity index (χ4n) is 1.21. The molecule has 1 heterocycles. The van der Waals surface area contributed by atoms with Gasteiger partial charge in [-0.1, -0.05) is 44.3 Å². The molecule has 0 bridgehead atoms. The molecule has 0 aliphatic carbocycles. The summed E-state index contributed by atoms with van der Waals surface area (Å²) in [5.41, 5.74) is 1.14. The van der Waals surface area contributed by atoms with Gasteiger partial charge in [0, 0.05) is 17.0 Å². The molecule has 1 aromatic carbocycles. The minimum atomic E-state index is -0.544. The normalized spacial score (nSPS) is 10.8. The highest BCUT2D eigenvalue weighted by molar-refractivity contribution is 9.08. The van der Waals surface area contributed by atoms with Crippen molar-refractivity contribution in [2.45, 2.75) is 5.33 Å². The smallest absolute Gasteiger partial charge is 0.168 e. The molecule has 0 fully saturated rings. The predicted molar refractivity (Wildman–Crippen MR) is 64.5 cm³/mol. The van der Waals surface area contributed by atoms with Gasteiger partial charge >= 0.3 is 0 Å². The van der Waals surface area contributed by atoms with E-state index in [1.54, 1.807) is 6.07 Å². The summed E-state index contributed by atoms with van der Waals surface area (Å²) >= 11 is 14.8. The maximum atomic E-state index is 13.3. The number of nitrogens with zero attached hydrogens (tertiary/aromatic N) is 1. The maximum Gasteiger partial charge on any atom is 0.168 e. The van der Waals surface area contributed by atoms with E-state index in [1.807, 2.05) is 0 Å². The second-order valence-electron chi connectivity index (χ2n) is 3.06. The summed E-state index contributed by atoms with van der Waals surface area (Å²) < 4.78 is 18.3. The summed E-state index contributed by atoms with van der Waals surface area (Å²) in [6.07, 6.45) is 0. The summed E-state index contributed by atoms with van der Waals surface area (Å²) in [4.78, 5) is 0. The predicted octanol–water partition coefficient (Wildman–Crippen LogP) is 4.68. The Morgan fingerprint density at radius 2 is 2.00 bits per heavy atom. The van der Waals surface area contributed by atoms with E-state index < -0.39 is 5.82 Å². The standard InChI is InChI=1S/C10H5BrCl2FNO/c11-4-5-1-10(16-15-5)6-2-9(14)8(13)3-7(6)12/h1-3H,4H2. The topological polar surface area (TPSA) is 26.0 Å². The monoisotopic (exact) mass is 323 g/mol. The minimum absolute atomic E-state index is 0.0195. The molecule has 0 saturated heterocycles. The zero-order valence-electron chi connectivity index (χ0n) is 7.81. The van der Waals surface area contributed by atoms with Crippen LogP contribution < -0.4 is 0 Å². The van der Waals surface area contributed by atoms with Crippen LogP contribution in [0.25, 0.3) is 11.3 Å². The number of rotatable bonds is 2. The molecule has 0 radical (unpaired) electrons. The molecule has 2 rings (SSSR count). The Bertz CT molecular complexity index is 530. The Balaban J connectivity index is 2.51. The van der Waals surface area contributed by atoms with Crippen LogP contribution in [0.1, 0.15) is 5.69 Å². The first-order chi connectivity index (χ1) is 7.61. The van der Waals surface area contributed by atoms with Gasteiger partial charge in [-0.2, -0.15) is 0 Å². The third-order valence-electron chi connectivity index (χ3n) is 1.97. The summed E-state index contributed by atoms with van der Waals surface area (Å²) in [5, 5.41) is 4.63. The van der Waals surface area contributed by atoms with Crippen molar-refractivity contribution in [2.24, 2.45) is 0 Å². The number of aromatic nitrogens is 1. The van der Waals surface area contributed by atoms with Crippen molar-refractivity contribution in [1.29, 1.82) is 0 Å². The molecule has 0 N–H and O–H groups in total. The lowest BCUT2D eigenvalue weighted by atomic mass is 10.1. The third kappa shape index (κ3) is 2.24. The SMILES string of the molecule is Fc1cc(-c2cc(CBr)no2)c(Cl)cc1Cl. The third-order valence-corrected chi connectivity index (χ3v) is 3.15. The van der Waals surface area contributed by atoms with Crippen LogP contribution in [-0.4, -0.2) is 5.16 Å². The summed E-state index contributed by atoms with van der Waals surface area (Å²) in [5.74, 6) is -0.132. The van der Waals surface area contributed by atoms with Crippen molar-refractivity contribution in [1.82, 2.24) is 5.16 Å². The first-order valence-corrected chi connectivity index (χ1v) is 6.16. The van der Waals surface area contributed by atoms with Gasteiger partial charge in [-0.3, -0.25) is 0 Å². The molecule has 16 heavy (non-hydrogen) atoms. The minimum Gasteiger partial charge on any atom is -0.356 e. The van der Waals surface area contributed by atoms with E-state index >= 15 is 0 Å². The van der Waals surface area contributed by atoms with Crippen molar-refractivity contribution in [3.63, 3.8) is 0 Å². The zero-order chi connectivity index (χ0) is 11.7. The molecule has 6 heteroatoms. The fraction of sp³-hybridized carbons (Fsp3) is 0.100. The maximum absolute atomic E-state index is 13.3. The lowest BCUT2D eigenvalue weighted by molar-refractivity contribution is 0.426. The van der Waals surface area contributed by atoms with Crippen LogP contribution in [0.5, 0.6) is 0 Å².